The lowest BCUT2D eigenvalue weighted by Gasteiger charge is -2.11. The van der Waals surface area contributed by atoms with Gasteiger partial charge in [-0.2, -0.15) is 18.3 Å². The number of hydrogen-bond acceptors (Lipinski definition) is 6. The summed E-state index contributed by atoms with van der Waals surface area (Å²) in [6.07, 6.45) is -3.09. The van der Waals surface area contributed by atoms with Crippen LogP contribution in [0.4, 0.5) is 18.9 Å². The van der Waals surface area contributed by atoms with E-state index in [9.17, 15) is 22.8 Å². The Morgan fingerprint density at radius 2 is 2.07 bits per heavy atom. The molecule has 1 aromatic carbocycles. The maximum Gasteiger partial charge on any atom is 0.416 e. The van der Waals surface area contributed by atoms with Gasteiger partial charge in [-0.3, -0.25) is 9.59 Å². The number of amides is 1. The second-order valence-corrected chi connectivity index (χ2v) is 7.53. The highest BCUT2D eigenvalue weighted by molar-refractivity contribution is 7.19. The maximum absolute atomic E-state index is 12.9. The van der Waals surface area contributed by atoms with E-state index in [4.69, 9.17) is 4.42 Å². The van der Waals surface area contributed by atoms with Crippen molar-refractivity contribution in [1.82, 2.24) is 14.8 Å². The number of nitrogens with one attached hydrogen (secondary N) is 1. The molecule has 11 heteroatoms. The number of halogens is 3. The Morgan fingerprint density at radius 3 is 2.77 bits per heavy atom. The minimum atomic E-state index is -4.54. The molecule has 0 saturated heterocycles. The predicted octanol–water partition coefficient (Wildman–Crippen LogP) is 4.08. The van der Waals surface area contributed by atoms with Crippen LogP contribution in [0.3, 0.4) is 0 Å². The van der Waals surface area contributed by atoms with E-state index < -0.39 is 29.8 Å². The van der Waals surface area contributed by atoms with Gasteiger partial charge in [0.1, 0.15) is 12.2 Å². The molecule has 4 rings (SSSR count). The molecule has 1 amide bonds. The second kappa shape index (κ2) is 7.41. The van der Waals surface area contributed by atoms with E-state index in [0.29, 0.717) is 21.2 Å². The number of alkyl halides is 3. The van der Waals surface area contributed by atoms with E-state index in [1.807, 2.05) is 0 Å². The van der Waals surface area contributed by atoms with E-state index in [0.717, 1.165) is 16.8 Å². The van der Waals surface area contributed by atoms with Crippen LogP contribution in [0.5, 0.6) is 0 Å². The normalized spacial score (nSPS) is 11.7. The molecule has 4 aromatic rings. The van der Waals surface area contributed by atoms with Gasteiger partial charge in [0.15, 0.2) is 11.3 Å². The molecule has 0 fully saturated rings. The molecule has 0 unspecified atom stereocenters. The number of hydrogen-bond donors (Lipinski definition) is 1. The van der Waals surface area contributed by atoms with Crippen LogP contribution in [0, 0.1) is 6.92 Å². The van der Waals surface area contributed by atoms with Crippen molar-refractivity contribution in [1.29, 1.82) is 0 Å². The van der Waals surface area contributed by atoms with Gasteiger partial charge >= 0.3 is 6.18 Å². The molecule has 7 nitrogen and oxygen atoms in total. The highest BCUT2D eigenvalue weighted by atomic mass is 32.1. The molecule has 154 valence electrons. The second-order valence-electron chi connectivity index (χ2n) is 6.33. The number of carbonyl (C=O) groups excluding carboxylic acids is 1. The summed E-state index contributed by atoms with van der Waals surface area (Å²) in [6.45, 7) is 1.23. The van der Waals surface area contributed by atoms with Gasteiger partial charge in [0, 0.05) is 5.69 Å². The van der Waals surface area contributed by atoms with Crippen LogP contribution < -0.4 is 10.9 Å². The number of carbonyl (C=O) groups is 1. The van der Waals surface area contributed by atoms with Crippen LogP contribution in [0.2, 0.25) is 0 Å². The number of thiazole rings is 1. The number of rotatable bonds is 4. The molecule has 0 aliphatic carbocycles. The molecular weight excluding hydrogens is 421 g/mol. The van der Waals surface area contributed by atoms with E-state index in [-0.39, 0.29) is 11.2 Å². The first kappa shape index (κ1) is 19.8. The van der Waals surface area contributed by atoms with Gasteiger partial charge in [-0.1, -0.05) is 6.07 Å². The quantitative estimate of drug-likeness (QED) is 0.523. The molecule has 0 aliphatic rings. The third-order valence-corrected chi connectivity index (χ3v) is 5.11. The Labute approximate surface area is 170 Å². The first-order valence-electron chi connectivity index (χ1n) is 8.61. The van der Waals surface area contributed by atoms with Gasteiger partial charge in [0.2, 0.25) is 5.91 Å². The lowest BCUT2D eigenvalue weighted by Crippen LogP contribution is -2.30. The summed E-state index contributed by atoms with van der Waals surface area (Å²) < 4.78 is 45.4. The predicted molar refractivity (Wildman–Crippen MR) is 104 cm³/mol. The van der Waals surface area contributed by atoms with Crippen molar-refractivity contribution in [3.8, 4) is 11.5 Å². The topological polar surface area (TPSA) is 90.0 Å². The van der Waals surface area contributed by atoms with Crippen molar-refractivity contribution in [2.24, 2.45) is 0 Å². The number of furan rings is 1. The molecule has 0 aliphatic heterocycles. The highest BCUT2D eigenvalue weighted by Gasteiger charge is 2.30. The number of benzene rings is 1. The SMILES string of the molecule is Cc1nc2c(=O)n(CC(=O)Nc3cccc(C(F)(F)F)c3)nc(-c3ccco3)c2s1. The van der Waals surface area contributed by atoms with Crippen LogP contribution in [-0.2, 0) is 17.5 Å². The monoisotopic (exact) mass is 434 g/mol. The molecule has 3 heterocycles. The third kappa shape index (κ3) is 3.83. The molecule has 0 spiro atoms. The average molecular weight is 434 g/mol. The number of anilines is 1. The van der Waals surface area contributed by atoms with E-state index in [1.54, 1.807) is 19.1 Å². The van der Waals surface area contributed by atoms with Gasteiger partial charge in [0.25, 0.3) is 5.56 Å². The standard InChI is InChI=1S/C19H13F3N4O3S/c1-10-23-16-17(30-10)15(13-6-3-7-29-13)25-26(18(16)28)9-14(27)24-12-5-2-4-11(8-12)19(20,21)22/h2-8H,9H2,1H3,(H,24,27). The molecule has 0 atom stereocenters. The summed E-state index contributed by atoms with van der Waals surface area (Å²) >= 11 is 1.27. The summed E-state index contributed by atoms with van der Waals surface area (Å²) in [5.74, 6) is -0.309. The zero-order valence-electron chi connectivity index (χ0n) is 15.4. The minimum absolute atomic E-state index is 0.0419. The van der Waals surface area contributed by atoms with E-state index >= 15 is 0 Å². The Bertz CT molecular complexity index is 1290. The fraction of sp³-hybridized carbons (Fsp3) is 0.158. The largest absolute Gasteiger partial charge is 0.463 e. The van der Waals surface area contributed by atoms with Crippen molar-refractivity contribution < 1.29 is 22.4 Å². The number of aryl methyl sites for hydroxylation is 1. The van der Waals surface area contributed by atoms with Crippen LogP contribution in [0.1, 0.15) is 10.6 Å². The fourth-order valence-corrected chi connectivity index (χ4v) is 3.76. The van der Waals surface area contributed by atoms with Crippen molar-refractivity contribution in [2.75, 3.05) is 5.32 Å². The van der Waals surface area contributed by atoms with E-state index in [2.05, 4.69) is 15.4 Å². The minimum Gasteiger partial charge on any atom is -0.463 e. The average Bonchev–Trinajstić information content (AvgIpc) is 3.33. The zero-order chi connectivity index (χ0) is 21.5. The molecule has 1 N–H and O–H groups in total. The Hall–Kier alpha value is -3.47. The van der Waals surface area contributed by atoms with Gasteiger partial charge in [-0.05, 0) is 37.3 Å². The van der Waals surface area contributed by atoms with Crippen LogP contribution in [0.15, 0.2) is 51.9 Å². The highest BCUT2D eigenvalue weighted by Crippen LogP contribution is 2.31. The maximum atomic E-state index is 12.9. The third-order valence-electron chi connectivity index (χ3n) is 4.13. The molecule has 3 aromatic heterocycles. The smallest absolute Gasteiger partial charge is 0.416 e. The molecular formula is C19H13F3N4O3S. The van der Waals surface area contributed by atoms with Gasteiger partial charge < -0.3 is 9.73 Å². The summed E-state index contributed by atoms with van der Waals surface area (Å²) in [7, 11) is 0. The summed E-state index contributed by atoms with van der Waals surface area (Å²) in [4.78, 5) is 29.3. The Kier molecular flexibility index (Phi) is 4.90. The van der Waals surface area contributed by atoms with Crippen LogP contribution >= 0.6 is 11.3 Å². The molecule has 0 bridgehead atoms. The first-order chi connectivity index (χ1) is 14.2. The van der Waals surface area contributed by atoms with Gasteiger partial charge in [-0.25, -0.2) is 9.67 Å². The molecule has 0 saturated carbocycles. The number of aromatic nitrogens is 3. The zero-order valence-corrected chi connectivity index (χ0v) is 16.2. The van der Waals surface area contributed by atoms with Crippen molar-refractivity contribution >= 4 is 33.1 Å². The van der Waals surface area contributed by atoms with Gasteiger partial charge in [0.05, 0.1) is 21.5 Å². The number of fused-ring (bicyclic) bond motifs is 1. The molecule has 0 radical (unpaired) electrons. The summed E-state index contributed by atoms with van der Waals surface area (Å²) in [5.41, 5.74) is -1.02. The lowest BCUT2D eigenvalue weighted by atomic mass is 10.2. The van der Waals surface area contributed by atoms with Crippen LogP contribution in [-0.4, -0.2) is 20.7 Å². The summed E-state index contributed by atoms with van der Waals surface area (Å²) in [6, 6.07) is 7.54. The first-order valence-corrected chi connectivity index (χ1v) is 9.43. The van der Waals surface area contributed by atoms with E-state index in [1.165, 1.54) is 29.7 Å². The van der Waals surface area contributed by atoms with Crippen molar-refractivity contribution in [3.63, 3.8) is 0 Å². The summed E-state index contributed by atoms with van der Waals surface area (Å²) in [5, 5.41) is 7.23. The molecule has 30 heavy (non-hydrogen) atoms. The van der Waals surface area contributed by atoms with Crippen LogP contribution in [0.25, 0.3) is 21.7 Å². The number of nitrogens with zero attached hydrogens (tertiary/aromatic N) is 3. The lowest BCUT2D eigenvalue weighted by molar-refractivity contribution is -0.137. The Morgan fingerprint density at radius 1 is 1.27 bits per heavy atom. The fourth-order valence-electron chi connectivity index (χ4n) is 2.86. The van der Waals surface area contributed by atoms with Crippen molar-refractivity contribution in [3.05, 3.63) is 63.6 Å². The van der Waals surface area contributed by atoms with Gasteiger partial charge in [-0.15, -0.1) is 11.3 Å². The Balaban J connectivity index is 1.67. The van der Waals surface area contributed by atoms with Crippen molar-refractivity contribution in [2.45, 2.75) is 19.6 Å².